The molecule has 6 aromatic rings. The summed E-state index contributed by atoms with van der Waals surface area (Å²) >= 11 is 0. The van der Waals surface area contributed by atoms with Crippen molar-refractivity contribution in [2.24, 2.45) is 0 Å². The van der Waals surface area contributed by atoms with E-state index in [-0.39, 0.29) is 85.5 Å². The Labute approximate surface area is 296 Å². The zero-order valence-electron chi connectivity index (χ0n) is 28.6. The van der Waals surface area contributed by atoms with Crippen LogP contribution in [0.25, 0.3) is 44.6 Å². The van der Waals surface area contributed by atoms with Gasteiger partial charge in [0.1, 0.15) is 67.9 Å². The fraction of sp³-hybridized carbons (Fsp3) is 0.150. The molecule has 0 spiro atoms. The van der Waals surface area contributed by atoms with Gasteiger partial charge in [-0.2, -0.15) is 0 Å². The van der Waals surface area contributed by atoms with Gasteiger partial charge in [0.15, 0.2) is 5.76 Å². The van der Waals surface area contributed by atoms with Crippen molar-refractivity contribution in [1.82, 2.24) is 0 Å². The van der Waals surface area contributed by atoms with E-state index < -0.39 is 22.4 Å². The lowest BCUT2D eigenvalue weighted by molar-refractivity contribution is 0.438. The van der Waals surface area contributed by atoms with Crippen molar-refractivity contribution in [2.75, 3.05) is 0 Å². The van der Waals surface area contributed by atoms with E-state index in [1.165, 1.54) is 42.5 Å². The van der Waals surface area contributed by atoms with Crippen LogP contribution in [0.15, 0.2) is 102 Å². The number of hydrogen-bond acceptors (Lipinski definition) is 12. The summed E-state index contributed by atoms with van der Waals surface area (Å²) in [5, 5.41) is 79.1. The van der Waals surface area contributed by atoms with Crippen molar-refractivity contribution in [3.8, 4) is 68.6 Å². The third-order valence-corrected chi connectivity index (χ3v) is 8.04. The van der Waals surface area contributed by atoms with Crippen LogP contribution in [0, 0.1) is 0 Å². The molecular weight excluding hydrogens is 672 g/mol. The van der Waals surface area contributed by atoms with Crippen LogP contribution in [0.1, 0.15) is 38.8 Å². The Kier molecular flexibility index (Phi) is 10.2. The zero-order chi connectivity index (χ0) is 38.0. The van der Waals surface area contributed by atoms with E-state index in [1.54, 1.807) is 0 Å². The van der Waals surface area contributed by atoms with Gasteiger partial charge in [-0.1, -0.05) is 23.3 Å². The Morgan fingerprint density at radius 3 is 1.75 bits per heavy atom. The van der Waals surface area contributed by atoms with Gasteiger partial charge in [-0.05, 0) is 76.9 Å². The van der Waals surface area contributed by atoms with Gasteiger partial charge in [0, 0.05) is 41.0 Å². The Morgan fingerprint density at radius 2 is 1.13 bits per heavy atom. The first kappa shape index (κ1) is 36.5. The largest absolute Gasteiger partial charge is 0.508 e. The van der Waals surface area contributed by atoms with Crippen LogP contribution in [0.2, 0.25) is 0 Å². The van der Waals surface area contributed by atoms with E-state index in [2.05, 4.69) is 0 Å². The maximum Gasteiger partial charge on any atom is 0.238 e. The van der Waals surface area contributed by atoms with Crippen LogP contribution >= 0.6 is 0 Å². The van der Waals surface area contributed by atoms with Crippen molar-refractivity contribution in [3.05, 3.63) is 116 Å². The number of allylic oxidation sites excluding steroid dienone is 4. The predicted octanol–water partition coefficient (Wildman–Crippen LogP) is 7.58. The highest BCUT2D eigenvalue weighted by Gasteiger charge is 2.24. The molecule has 6 rings (SSSR count). The van der Waals surface area contributed by atoms with Crippen molar-refractivity contribution >= 4 is 21.9 Å². The van der Waals surface area contributed by atoms with E-state index in [0.717, 1.165) is 29.3 Å². The summed E-state index contributed by atoms with van der Waals surface area (Å²) in [7, 11) is 0. The van der Waals surface area contributed by atoms with Crippen LogP contribution in [0.5, 0.6) is 46.0 Å². The lowest BCUT2D eigenvalue weighted by atomic mass is 9.98. The fourth-order valence-corrected chi connectivity index (χ4v) is 5.43. The number of benzene rings is 4. The molecule has 0 amide bonds. The van der Waals surface area contributed by atoms with Crippen LogP contribution < -0.4 is 10.9 Å². The van der Waals surface area contributed by atoms with Crippen molar-refractivity contribution in [1.29, 1.82) is 0 Å². The number of rotatable bonds is 6. The summed E-state index contributed by atoms with van der Waals surface area (Å²) in [6, 6.07) is 13.0. The third kappa shape index (κ3) is 7.36. The summed E-state index contributed by atoms with van der Waals surface area (Å²) in [6.45, 7) is 7.61. The minimum Gasteiger partial charge on any atom is -0.508 e. The highest BCUT2D eigenvalue weighted by atomic mass is 16.4. The first-order valence-corrected chi connectivity index (χ1v) is 15.9. The second kappa shape index (κ2) is 14.6. The monoisotopic (exact) mass is 708 g/mol. The highest BCUT2D eigenvalue weighted by Crippen LogP contribution is 2.40. The molecule has 268 valence electrons. The van der Waals surface area contributed by atoms with Crippen molar-refractivity contribution in [3.63, 3.8) is 0 Å². The van der Waals surface area contributed by atoms with E-state index in [1.807, 2.05) is 39.8 Å². The zero-order valence-corrected chi connectivity index (χ0v) is 28.6. The van der Waals surface area contributed by atoms with Crippen molar-refractivity contribution < 1.29 is 49.7 Å². The maximum atomic E-state index is 13.5. The van der Waals surface area contributed by atoms with Gasteiger partial charge in [0.2, 0.25) is 16.6 Å². The van der Waals surface area contributed by atoms with Crippen LogP contribution in [-0.4, -0.2) is 40.9 Å². The molecule has 0 radical (unpaired) electrons. The van der Waals surface area contributed by atoms with E-state index >= 15 is 0 Å². The molecule has 0 saturated heterocycles. The SMILES string of the molecule is CC(C)=CCc1c(-c2ccc(O)cc2O)oc2c(CC=C(C)C)c(O)cc(O)c2c1=O.O=c1c(O)c(-c2ccc(O)cc2)oc2cc(O)cc(O)c12. The molecule has 0 atom stereocenters. The molecule has 0 aliphatic carbocycles. The minimum absolute atomic E-state index is 0.0193. The molecular formula is C40H36O12. The van der Waals surface area contributed by atoms with Gasteiger partial charge < -0.3 is 49.7 Å². The number of phenols is 7. The normalized spacial score (nSPS) is 10.8. The van der Waals surface area contributed by atoms with Crippen LogP contribution in [0.4, 0.5) is 0 Å². The number of hydrogen-bond donors (Lipinski definition) is 8. The van der Waals surface area contributed by atoms with Gasteiger partial charge in [-0.15, -0.1) is 0 Å². The average Bonchev–Trinajstić information content (AvgIpc) is 3.05. The third-order valence-electron chi connectivity index (χ3n) is 8.04. The number of fused-ring (bicyclic) bond motifs is 2. The number of phenolic OH excluding ortho intramolecular Hbond substituents is 7. The first-order valence-electron chi connectivity index (χ1n) is 15.9. The molecule has 12 heteroatoms. The first-order chi connectivity index (χ1) is 24.6. The van der Waals surface area contributed by atoms with Crippen LogP contribution in [-0.2, 0) is 12.8 Å². The minimum atomic E-state index is -0.808. The van der Waals surface area contributed by atoms with Crippen LogP contribution in [0.3, 0.4) is 0 Å². The molecule has 0 fully saturated rings. The summed E-state index contributed by atoms with van der Waals surface area (Å²) in [5.74, 6) is -2.33. The van der Waals surface area contributed by atoms with Gasteiger partial charge in [0.25, 0.3) is 0 Å². The topological polar surface area (TPSA) is 222 Å². The summed E-state index contributed by atoms with van der Waals surface area (Å²) in [4.78, 5) is 25.6. The lowest BCUT2D eigenvalue weighted by Gasteiger charge is -2.14. The maximum absolute atomic E-state index is 13.5. The molecule has 2 heterocycles. The predicted molar refractivity (Wildman–Crippen MR) is 195 cm³/mol. The number of aromatic hydroxyl groups is 8. The summed E-state index contributed by atoms with van der Waals surface area (Å²) < 4.78 is 11.5. The Hall–Kier alpha value is -6.82. The molecule has 0 unspecified atom stereocenters. The molecule has 0 bridgehead atoms. The Balaban J connectivity index is 0.000000216. The molecule has 8 N–H and O–H groups in total. The smallest absolute Gasteiger partial charge is 0.238 e. The highest BCUT2D eigenvalue weighted by molar-refractivity contribution is 5.91. The average molecular weight is 709 g/mol. The quantitative estimate of drug-likeness (QED) is 0.0784. The second-order valence-electron chi connectivity index (χ2n) is 12.5. The molecule has 52 heavy (non-hydrogen) atoms. The van der Waals surface area contributed by atoms with E-state index in [0.29, 0.717) is 17.5 Å². The van der Waals surface area contributed by atoms with Gasteiger partial charge in [0.05, 0.1) is 5.56 Å². The second-order valence-corrected chi connectivity index (χ2v) is 12.5. The van der Waals surface area contributed by atoms with Crippen molar-refractivity contribution in [2.45, 2.75) is 40.5 Å². The van der Waals surface area contributed by atoms with Gasteiger partial charge in [-0.25, -0.2) is 0 Å². The molecule has 2 aromatic heterocycles. The molecule has 0 aliphatic rings. The van der Waals surface area contributed by atoms with Gasteiger partial charge >= 0.3 is 0 Å². The Morgan fingerprint density at radius 1 is 0.558 bits per heavy atom. The van der Waals surface area contributed by atoms with Gasteiger partial charge in [-0.3, -0.25) is 9.59 Å². The van der Waals surface area contributed by atoms with E-state index in [9.17, 15) is 50.4 Å². The Bertz CT molecular complexity index is 2510. The summed E-state index contributed by atoms with van der Waals surface area (Å²) in [6.07, 6.45) is 4.24. The lowest BCUT2D eigenvalue weighted by Crippen LogP contribution is -2.12. The molecule has 0 aliphatic heterocycles. The molecule has 12 nitrogen and oxygen atoms in total. The fourth-order valence-electron chi connectivity index (χ4n) is 5.43. The molecule has 4 aromatic carbocycles. The standard InChI is InChI=1S/C25H26O6.C15H10O6/c1-13(2)5-8-17-20(28)12-21(29)22-23(30)18(9-6-14(3)4)24(31-25(17)22)16-10-7-15(26)11-19(16)27;16-8-3-1-7(2-4-8)15-14(20)13(19)12-10(18)5-9(17)6-11(12)21-15/h5-7,10-12,26-29H,8-9H2,1-4H3;1-6,16-18,20H. The molecule has 0 saturated carbocycles. The summed E-state index contributed by atoms with van der Waals surface area (Å²) in [5.41, 5.74) is 1.95. The van der Waals surface area contributed by atoms with E-state index in [4.69, 9.17) is 8.83 Å².